The van der Waals surface area contributed by atoms with Crippen LogP contribution in [0.4, 0.5) is 4.79 Å². The molecule has 4 saturated carbocycles. The normalized spacial score (nSPS) is 36.0. The molecular weight excluding hydrogens is 376 g/mol. The van der Waals surface area contributed by atoms with Crippen molar-refractivity contribution in [2.75, 3.05) is 13.2 Å². The number of ether oxygens (including phenoxy) is 1. The molecule has 2 unspecified atom stereocenters. The molecule has 4 aliphatic carbocycles. The summed E-state index contributed by atoms with van der Waals surface area (Å²) in [7, 11) is 0. The predicted molar refractivity (Wildman–Crippen MR) is 91.5 cm³/mol. The molecule has 0 aliphatic heterocycles. The number of esters is 1. The second kappa shape index (κ2) is 6.50. The van der Waals surface area contributed by atoms with Crippen LogP contribution in [0.15, 0.2) is 12.7 Å². The molecule has 0 spiro atoms. The summed E-state index contributed by atoms with van der Waals surface area (Å²) in [5, 5.41) is 4.56. The Morgan fingerprint density at radius 3 is 2.46 bits per heavy atom. The molecule has 4 aliphatic rings. The molecule has 2 atom stereocenters. The Morgan fingerprint density at radius 2 is 1.88 bits per heavy atom. The van der Waals surface area contributed by atoms with E-state index in [1.165, 1.54) is 12.5 Å². The number of amides is 3. The average molecular weight is 399 g/mol. The highest BCUT2D eigenvalue weighted by Gasteiger charge is 2.60. The van der Waals surface area contributed by atoms with Crippen molar-refractivity contribution in [3.8, 4) is 0 Å². The molecule has 0 heterocycles. The van der Waals surface area contributed by atoms with Crippen LogP contribution in [0, 0.1) is 17.3 Å². The van der Waals surface area contributed by atoms with Gasteiger partial charge < -0.3 is 10.1 Å². The number of carbonyl (C=O) groups excluding carboxylic acids is 3. The van der Waals surface area contributed by atoms with Gasteiger partial charge in [0.15, 0.2) is 6.61 Å². The number of hydrogen-bond donors (Lipinski definition) is 2. The summed E-state index contributed by atoms with van der Waals surface area (Å²) in [5.74, 6) is 0.221. The van der Waals surface area contributed by atoms with Crippen LogP contribution in [-0.2, 0) is 14.3 Å². The standard InChI is InChI=1S/C17H23BrN2O4/c1-2-3-19-15(23)20-13(21)9-24-14(22)16-5-11-4-12(6-16)8-17(18,7-11)10-16/h2,11-12H,1,3-10H2,(H2,19,20,21,23). The fraction of sp³-hybridized carbons (Fsp3) is 0.706. The zero-order chi connectivity index (χ0) is 17.4. The van der Waals surface area contributed by atoms with Crippen molar-refractivity contribution in [2.45, 2.75) is 42.8 Å². The van der Waals surface area contributed by atoms with Crippen LogP contribution in [0.2, 0.25) is 0 Å². The second-order valence-electron chi connectivity index (χ2n) is 7.52. The minimum absolute atomic E-state index is 0.0585. The van der Waals surface area contributed by atoms with E-state index < -0.39 is 24.0 Å². The van der Waals surface area contributed by atoms with Gasteiger partial charge in [0.2, 0.25) is 0 Å². The Bertz CT molecular complexity index is 563. The van der Waals surface area contributed by atoms with E-state index in [9.17, 15) is 14.4 Å². The maximum Gasteiger partial charge on any atom is 0.321 e. The lowest BCUT2D eigenvalue weighted by atomic mass is 9.49. The summed E-state index contributed by atoms with van der Waals surface area (Å²) in [5.41, 5.74) is -0.459. The average Bonchev–Trinajstić information content (AvgIpc) is 2.48. The first-order valence-electron chi connectivity index (χ1n) is 8.39. The molecule has 0 aromatic rings. The Balaban J connectivity index is 1.53. The number of carbonyl (C=O) groups is 3. The van der Waals surface area contributed by atoms with Crippen LogP contribution >= 0.6 is 15.9 Å². The van der Waals surface area contributed by atoms with E-state index in [4.69, 9.17) is 4.74 Å². The van der Waals surface area contributed by atoms with Crippen LogP contribution in [0.5, 0.6) is 0 Å². The lowest BCUT2D eigenvalue weighted by Crippen LogP contribution is -2.56. The van der Waals surface area contributed by atoms with Gasteiger partial charge in [-0.05, 0) is 50.4 Å². The van der Waals surface area contributed by atoms with Crippen molar-refractivity contribution in [2.24, 2.45) is 17.3 Å². The van der Waals surface area contributed by atoms with E-state index in [1.807, 2.05) is 0 Å². The number of imide groups is 1. The highest BCUT2D eigenvalue weighted by Crippen LogP contribution is 2.64. The van der Waals surface area contributed by atoms with Gasteiger partial charge in [0.1, 0.15) is 0 Å². The predicted octanol–water partition coefficient (Wildman–Crippen LogP) is 2.28. The maximum absolute atomic E-state index is 12.7. The van der Waals surface area contributed by atoms with Gasteiger partial charge >= 0.3 is 12.0 Å². The first-order valence-corrected chi connectivity index (χ1v) is 9.18. The molecule has 3 amide bonds. The van der Waals surface area contributed by atoms with E-state index in [2.05, 4.69) is 33.1 Å². The van der Waals surface area contributed by atoms with E-state index in [-0.39, 0.29) is 16.8 Å². The summed E-state index contributed by atoms with van der Waals surface area (Å²) in [6.45, 7) is 3.30. The van der Waals surface area contributed by atoms with Gasteiger partial charge in [0, 0.05) is 10.9 Å². The van der Waals surface area contributed by atoms with Crippen molar-refractivity contribution in [3.63, 3.8) is 0 Å². The molecule has 24 heavy (non-hydrogen) atoms. The minimum Gasteiger partial charge on any atom is -0.455 e. The first kappa shape index (κ1) is 17.5. The van der Waals surface area contributed by atoms with Gasteiger partial charge in [0.25, 0.3) is 5.91 Å². The van der Waals surface area contributed by atoms with Crippen molar-refractivity contribution >= 4 is 33.8 Å². The van der Waals surface area contributed by atoms with Crippen LogP contribution in [0.25, 0.3) is 0 Å². The summed E-state index contributed by atoms with van der Waals surface area (Å²) in [4.78, 5) is 35.8. The number of hydrogen-bond acceptors (Lipinski definition) is 4. The summed E-state index contributed by atoms with van der Waals surface area (Å²) >= 11 is 3.85. The number of alkyl halides is 1. The first-order chi connectivity index (χ1) is 11.3. The molecular formula is C17H23BrN2O4. The lowest BCUT2D eigenvalue weighted by Gasteiger charge is -2.58. The molecule has 4 bridgehead atoms. The Morgan fingerprint density at radius 1 is 1.21 bits per heavy atom. The van der Waals surface area contributed by atoms with Crippen molar-refractivity contribution < 1.29 is 19.1 Å². The lowest BCUT2D eigenvalue weighted by molar-refractivity contribution is -0.171. The highest BCUT2D eigenvalue weighted by molar-refractivity contribution is 9.10. The summed E-state index contributed by atoms with van der Waals surface area (Å²) < 4.78 is 5.33. The number of rotatable bonds is 5. The molecule has 0 aromatic carbocycles. The zero-order valence-electron chi connectivity index (χ0n) is 13.6. The quantitative estimate of drug-likeness (QED) is 0.422. The van der Waals surface area contributed by atoms with E-state index in [1.54, 1.807) is 0 Å². The highest BCUT2D eigenvalue weighted by atomic mass is 79.9. The monoisotopic (exact) mass is 398 g/mol. The van der Waals surface area contributed by atoms with Crippen LogP contribution in [0.1, 0.15) is 38.5 Å². The topological polar surface area (TPSA) is 84.5 Å². The Hall–Kier alpha value is -1.37. The largest absolute Gasteiger partial charge is 0.455 e. The minimum atomic E-state index is -0.622. The second-order valence-corrected chi connectivity index (χ2v) is 9.20. The van der Waals surface area contributed by atoms with Gasteiger partial charge in [-0.25, -0.2) is 4.79 Å². The third-order valence-corrected chi connectivity index (χ3v) is 6.34. The zero-order valence-corrected chi connectivity index (χ0v) is 15.2. The summed E-state index contributed by atoms with van der Waals surface area (Å²) in [6.07, 6.45) is 7.46. The van der Waals surface area contributed by atoms with Crippen LogP contribution < -0.4 is 10.6 Å². The Kier molecular flexibility index (Phi) is 4.73. The third kappa shape index (κ3) is 3.50. The maximum atomic E-state index is 12.7. The van der Waals surface area contributed by atoms with Crippen LogP contribution in [0.3, 0.4) is 0 Å². The molecule has 7 heteroatoms. The van der Waals surface area contributed by atoms with E-state index in [0.29, 0.717) is 11.8 Å². The van der Waals surface area contributed by atoms with Crippen molar-refractivity contribution in [3.05, 3.63) is 12.7 Å². The SMILES string of the molecule is C=CCNC(=O)NC(=O)COC(=O)C12CC3CC(CC(Br)(C3)C1)C2. The third-order valence-electron chi connectivity index (χ3n) is 5.42. The number of nitrogens with one attached hydrogen (secondary N) is 2. The molecule has 6 nitrogen and oxygen atoms in total. The van der Waals surface area contributed by atoms with Crippen molar-refractivity contribution in [1.82, 2.24) is 10.6 Å². The fourth-order valence-corrected chi connectivity index (χ4v) is 6.50. The number of halogens is 1. The molecule has 4 rings (SSSR count). The van der Waals surface area contributed by atoms with E-state index >= 15 is 0 Å². The molecule has 0 saturated heterocycles. The Labute approximate surface area is 149 Å². The van der Waals surface area contributed by atoms with Gasteiger partial charge in [-0.15, -0.1) is 6.58 Å². The molecule has 132 valence electrons. The number of urea groups is 1. The molecule has 0 aromatic heterocycles. The van der Waals surface area contributed by atoms with Gasteiger partial charge in [-0.1, -0.05) is 22.0 Å². The molecule has 0 radical (unpaired) electrons. The fourth-order valence-electron chi connectivity index (χ4n) is 5.05. The van der Waals surface area contributed by atoms with Gasteiger partial charge in [-0.3, -0.25) is 14.9 Å². The van der Waals surface area contributed by atoms with E-state index in [0.717, 1.165) is 32.1 Å². The van der Waals surface area contributed by atoms with Crippen LogP contribution in [-0.4, -0.2) is 35.4 Å². The summed E-state index contributed by atoms with van der Waals surface area (Å²) in [6, 6.07) is -0.620. The van der Waals surface area contributed by atoms with Gasteiger partial charge in [0.05, 0.1) is 5.41 Å². The molecule has 2 N–H and O–H groups in total. The van der Waals surface area contributed by atoms with Gasteiger partial charge in [-0.2, -0.15) is 0 Å². The smallest absolute Gasteiger partial charge is 0.321 e. The van der Waals surface area contributed by atoms with Crippen molar-refractivity contribution in [1.29, 1.82) is 0 Å². The molecule has 4 fully saturated rings.